The van der Waals surface area contributed by atoms with Gasteiger partial charge < -0.3 is 14.7 Å². The summed E-state index contributed by atoms with van der Waals surface area (Å²) in [7, 11) is 0. The number of carbonyl (C=O) groups excluding carboxylic acids is 2. The second-order valence-electron chi connectivity index (χ2n) is 7.68. The molecule has 1 N–H and O–H groups in total. The Bertz CT molecular complexity index is 931. The lowest BCUT2D eigenvalue weighted by Gasteiger charge is -2.28. The molecule has 6 nitrogen and oxygen atoms in total. The van der Waals surface area contributed by atoms with E-state index >= 15 is 0 Å². The molecule has 2 aliphatic heterocycles. The first-order valence-corrected chi connectivity index (χ1v) is 11.1. The van der Waals surface area contributed by atoms with Crippen LogP contribution in [0.25, 0.3) is 5.76 Å². The average Bonchev–Trinajstić information content (AvgIpc) is 3.37. The van der Waals surface area contributed by atoms with E-state index in [9.17, 15) is 14.7 Å². The summed E-state index contributed by atoms with van der Waals surface area (Å²) in [6.07, 6.45) is 0.763. The van der Waals surface area contributed by atoms with Crippen LogP contribution in [0.3, 0.4) is 0 Å². The van der Waals surface area contributed by atoms with Crippen LogP contribution in [0.15, 0.2) is 47.4 Å². The number of carbonyl (C=O) groups is 2. The lowest BCUT2D eigenvalue weighted by Crippen LogP contribution is -2.38. The van der Waals surface area contributed by atoms with E-state index in [2.05, 4.69) is 4.90 Å². The molecule has 2 fully saturated rings. The maximum atomic E-state index is 12.9. The van der Waals surface area contributed by atoms with Crippen LogP contribution in [0, 0.1) is 6.92 Å². The number of ketones is 1. The van der Waals surface area contributed by atoms with Gasteiger partial charge in [0.1, 0.15) is 5.76 Å². The van der Waals surface area contributed by atoms with Gasteiger partial charge in [0.15, 0.2) is 0 Å². The molecule has 1 amide bonds. The number of amides is 1. The molecule has 1 unspecified atom stereocenters. The van der Waals surface area contributed by atoms with Gasteiger partial charge in [-0.2, -0.15) is 0 Å². The Hall–Kier alpha value is -2.48. The number of aryl methyl sites for hydroxylation is 1. The zero-order valence-corrected chi connectivity index (χ0v) is 17.9. The van der Waals surface area contributed by atoms with E-state index in [1.807, 2.05) is 36.6 Å². The molecule has 2 saturated heterocycles. The van der Waals surface area contributed by atoms with Crippen molar-refractivity contribution < 1.29 is 19.4 Å². The van der Waals surface area contributed by atoms with E-state index in [1.165, 1.54) is 11.3 Å². The summed E-state index contributed by atoms with van der Waals surface area (Å²) in [4.78, 5) is 30.6. The van der Waals surface area contributed by atoms with Gasteiger partial charge in [-0.1, -0.05) is 35.9 Å². The minimum absolute atomic E-state index is 0.109. The van der Waals surface area contributed by atoms with Crippen LogP contribution < -0.4 is 0 Å². The van der Waals surface area contributed by atoms with Gasteiger partial charge in [0.25, 0.3) is 11.7 Å². The molecule has 7 heteroatoms. The van der Waals surface area contributed by atoms with Crippen LogP contribution in [-0.4, -0.2) is 66.0 Å². The van der Waals surface area contributed by atoms with E-state index in [1.54, 1.807) is 17.0 Å². The molecular weight excluding hydrogens is 400 g/mol. The maximum absolute atomic E-state index is 12.9. The molecule has 2 aromatic rings. The van der Waals surface area contributed by atoms with Crippen LogP contribution in [0.1, 0.15) is 28.5 Å². The average molecular weight is 427 g/mol. The highest BCUT2D eigenvalue weighted by molar-refractivity contribution is 7.10. The summed E-state index contributed by atoms with van der Waals surface area (Å²) < 4.78 is 5.38. The molecule has 1 aromatic heterocycles. The number of ether oxygens (including phenoxy) is 1. The van der Waals surface area contributed by atoms with Gasteiger partial charge in [-0.15, -0.1) is 11.3 Å². The number of benzene rings is 1. The standard InChI is InChI=1S/C23H26N2O4S/c1-16-5-7-17(8-6-16)21(26)19-20(18-4-2-15-30-18)25(23(28)22(19)27)10-3-9-24-11-13-29-14-12-24/h2,4-8,15,20,26H,3,9-14H2,1H3/b21-19-. The van der Waals surface area contributed by atoms with Crippen LogP contribution in [-0.2, 0) is 14.3 Å². The number of thiophene rings is 1. The van der Waals surface area contributed by atoms with Crippen molar-refractivity contribution in [2.45, 2.75) is 19.4 Å². The zero-order valence-electron chi connectivity index (χ0n) is 17.0. The quantitative estimate of drug-likeness (QED) is 0.436. The van der Waals surface area contributed by atoms with Gasteiger partial charge in [-0.3, -0.25) is 14.5 Å². The summed E-state index contributed by atoms with van der Waals surface area (Å²) in [5.74, 6) is -1.26. The normalized spacial score (nSPS) is 22.0. The molecule has 1 aromatic carbocycles. The fourth-order valence-corrected chi connectivity index (χ4v) is 4.86. The summed E-state index contributed by atoms with van der Waals surface area (Å²) in [5, 5.41) is 12.9. The number of Topliss-reactive ketones (excluding diaryl/α,β-unsaturated/α-hetero) is 1. The van der Waals surface area contributed by atoms with Gasteiger partial charge in [0.2, 0.25) is 0 Å². The Morgan fingerprint density at radius 3 is 2.53 bits per heavy atom. The first kappa shape index (κ1) is 20.8. The summed E-state index contributed by atoms with van der Waals surface area (Å²) in [6, 6.07) is 10.6. The molecular formula is C23H26N2O4S. The molecule has 0 radical (unpaired) electrons. The molecule has 0 spiro atoms. The van der Waals surface area contributed by atoms with Gasteiger partial charge in [-0.05, 0) is 24.8 Å². The highest BCUT2D eigenvalue weighted by atomic mass is 32.1. The molecule has 0 bridgehead atoms. The molecule has 2 aliphatic rings. The lowest BCUT2D eigenvalue weighted by molar-refractivity contribution is -0.140. The second-order valence-corrected chi connectivity index (χ2v) is 8.66. The van der Waals surface area contributed by atoms with Crippen molar-refractivity contribution in [3.63, 3.8) is 0 Å². The van der Waals surface area contributed by atoms with Crippen molar-refractivity contribution in [3.8, 4) is 0 Å². The van der Waals surface area contributed by atoms with Crippen molar-refractivity contribution in [2.75, 3.05) is 39.4 Å². The van der Waals surface area contributed by atoms with Crippen LogP contribution in [0.5, 0.6) is 0 Å². The first-order valence-electron chi connectivity index (χ1n) is 10.2. The Balaban J connectivity index is 1.61. The van der Waals surface area contributed by atoms with Gasteiger partial charge in [0, 0.05) is 36.6 Å². The minimum atomic E-state index is -0.613. The summed E-state index contributed by atoms with van der Waals surface area (Å²) >= 11 is 1.49. The third-order valence-electron chi connectivity index (χ3n) is 5.65. The van der Waals surface area contributed by atoms with E-state index in [0.717, 1.165) is 49.7 Å². The molecule has 1 atom stereocenters. The number of hydrogen-bond acceptors (Lipinski definition) is 6. The number of aliphatic hydroxyl groups excluding tert-OH is 1. The summed E-state index contributed by atoms with van der Waals surface area (Å²) in [6.45, 7) is 6.52. The van der Waals surface area contributed by atoms with Crippen molar-refractivity contribution in [3.05, 3.63) is 63.4 Å². The zero-order chi connectivity index (χ0) is 21.1. The predicted octanol–water partition coefficient (Wildman–Crippen LogP) is 3.20. The number of hydrogen-bond donors (Lipinski definition) is 1. The second kappa shape index (κ2) is 9.12. The fraction of sp³-hybridized carbons (Fsp3) is 0.391. The lowest BCUT2D eigenvalue weighted by atomic mass is 9.99. The minimum Gasteiger partial charge on any atom is -0.507 e. The molecule has 4 rings (SSSR count). The number of morpholine rings is 1. The topological polar surface area (TPSA) is 70.1 Å². The molecule has 0 saturated carbocycles. The van der Waals surface area contributed by atoms with Gasteiger partial charge in [-0.25, -0.2) is 0 Å². The highest BCUT2D eigenvalue weighted by Crippen LogP contribution is 2.41. The molecule has 158 valence electrons. The number of nitrogens with zero attached hydrogens (tertiary/aromatic N) is 2. The van der Waals surface area contributed by atoms with E-state index < -0.39 is 17.7 Å². The smallest absolute Gasteiger partial charge is 0.295 e. The van der Waals surface area contributed by atoms with Crippen molar-refractivity contribution >= 4 is 28.8 Å². The number of rotatable bonds is 6. The monoisotopic (exact) mass is 426 g/mol. The Morgan fingerprint density at radius 1 is 1.13 bits per heavy atom. The summed E-state index contributed by atoms with van der Waals surface area (Å²) in [5.41, 5.74) is 1.79. The number of aliphatic hydroxyl groups is 1. The fourth-order valence-electron chi connectivity index (χ4n) is 4.01. The van der Waals surface area contributed by atoms with Crippen LogP contribution in [0.2, 0.25) is 0 Å². The molecule has 30 heavy (non-hydrogen) atoms. The van der Waals surface area contributed by atoms with Crippen LogP contribution in [0.4, 0.5) is 0 Å². The molecule has 3 heterocycles. The Morgan fingerprint density at radius 2 is 1.87 bits per heavy atom. The highest BCUT2D eigenvalue weighted by Gasteiger charge is 2.46. The predicted molar refractivity (Wildman–Crippen MR) is 116 cm³/mol. The Labute approximate surface area is 180 Å². The Kier molecular flexibility index (Phi) is 6.32. The first-order chi connectivity index (χ1) is 14.6. The van der Waals surface area contributed by atoms with E-state index in [-0.39, 0.29) is 11.3 Å². The van der Waals surface area contributed by atoms with Crippen molar-refractivity contribution in [1.29, 1.82) is 0 Å². The van der Waals surface area contributed by atoms with Gasteiger partial charge >= 0.3 is 0 Å². The third-order valence-corrected chi connectivity index (χ3v) is 6.58. The van der Waals surface area contributed by atoms with Crippen molar-refractivity contribution in [2.24, 2.45) is 0 Å². The maximum Gasteiger partial charge on any atom is 0.295 e. The van der Waals surface area contributed by atoms with Gasteiger partial charge in [0.05, 0.1) is 24.8 Å². The van der Waals surface area contributed by atoms with E-state index in [0.29, 0.717) is 12.1 Å². The van der Waals surface area contributed by atoms with E-state index in [4.69, 9.17) is 4.74 Å². The van der Waals surface area contributed by atoms with Crippen molar-refractivity contribution in [1.82, 2.24) is 9.80 Å². The molecule has 0 aliphatic carbocycles. The SMILES string of the molecule is Cc1ccc(/C(O)=C2/C(=O)C(=O)N(CCCN3CCOCC3)C2c2cccs2)cc1. The largest absolute Gasteiger partial charge is 0.507 e. The number of likely N-dealkylation sites (tertiary alicyclic amines) is 1. The third kappa shape index (κ3) is 4.19. The van der Waals surface area contributed by atoms with Crippen LogP contribution >= 0.6 is 11.3 Å².